The summed E-state index contributed by atoms with van der Waals surface area (Å²) in [6, 6.07) is 18.2. The molecule has 350 valence electrons. The SMILES string of the molecule is CCCOc1ccc(C(=O)NCC(=O)C[C@@H](Cc2ccc(OCC(=O)N[C@@H](Cc3ccccc3)C(=O)NCCCC[C@H](NC(=O)N[C@@H](CCC(=O)O)C(=O)O)OC=O)cc2)C(=O)O)cc1. The zero-order valence-electron chi connectivity index (χ0n) is 35.8. The van der Waals surface area contributed by atoms with E-state index in [1.807, 2.05) is 6.92 Å². The molecule has 3 rings (SSSR count). The first-order valence-corrected chi connectivity index (χ1v) is 20.9. The van der Waals surface area contributed by atoms with Gasteiger partial charge in [-0.1, -0.05) is 49.4 Å². The van der Waals surface area contributed by atoms with E-state index in [0.29, 0.717) is 36.3 Å². The van der Waals surface area contributed by atoms with Gasteiger partial charge in [-0.2, -0.15) is 0 Å². The van der Waals surface area contributed by atoms with E-state index in [1.54, 1.807) is 66.7 Å². The topological polar surface area (TPSA) is 302 Å². The smallest absolute Gasteiger partial charge is 0.326 e. The van der Waals surface area contributed by atoms with Crippen LogP contribution in [0.2, 0.25) is 0 Å². The van der Waals surface area contributed by atoms with Gasteiger partial charge in [0.15, 0.2) is 18.6 Å². The lowest BCUT2D eigenvalue weighted by atomic mass is 9.94. The fourth-order valence-electron chi connectivity index (χ4n) is 6.15. The van der Waals surface area contributed by atoms with Crippen LogP contribution in [0.1, 0.15) is 73.4 Å². The van der Waals surface area contributed by atoms with Crippen LogP contribution in [0.3, 0.4) is 0 Å². The Labute approximate surface area is 374 Å². The second-order valence-electron chi connectivity index (χ2n) is 14.7. The molecule has 4 atom stereocenters. The second-order valence-corrected chi connectivity index (χ2v) is 14.7. The van der Waals surface area contributed by atoms with Crippen LogP contribution in [0.5, 0.6) is 11.5 Å². The normalized spacial score (nSPS) is 12.4. The van der Waals surface area contributed by atoms with E-state index in [-0.39, 0.29) is 57.4 Å². The van der Waals surface area contributed by atoms with E-state index < -0.39 is 84.7 Å². The molecule has 0 aliphatic rings. The number of hydrogen-bond acceptors (Lipinski definition) is 12. The van der Waals surface area contributed by atoms with Crippen molar-refractivity contribution in [1.82, 2.24) is 26.6 Å². The average molecular weight is 906 g/mol. The zero-order chi connectivity index (χ0) is 47.6. The third-order valence-electron chi connectivity index (χ3n) is 9.52. The Morgan fingerprint density at radius 3 is 1.98 bits per heavy atom. The Bertz CT molecular complexity index is 2050. The van der Waals surface area contributed by atoms with Gasteiger partial charge in [-0.25, -0.2) is 9.59 Å². The number of rotatable bonds is 31. The van der Waals surface area contributed by atoms with Gasteiger partial charge in [0, 0.05) is 37.8 Å². The molecule has 0 spiro atoms. The maximum atomic E-state index is 13.3. The van der Waals surface area contributed by atoms with Crippen LogP contribution >= 0.6 is 0 Å². The highest BCUT2D eigenvalue weighted by Gasteiger charge is 2.25. The van der Waals surface area contributed by atoms with Gasteiger partial charge in [-0.15, -0.1) is 0 Å². The summed E-state index contributed by atoms with van der Waals surface area (Å²) >= 11 is 0. The molecule has 0 aromatic heterocycles. The molecule has 0 aliphatic carbocycles. The molecule has 0 aliphatic heterocycles. The molecule has 3 aromatic rings. The monoisotopic (exact) mass is 905 g/mol. The first kappa shape index (κ1) is 51.8. The summed E-state index contributed by atoms with van der Waals surface area (Å²) in [5.41, 5.74) is 1.68. The Morgan fingerprint density at radius 2 is 1.35 bits per heavy atom. The number of nitrogens with one attached hydrogen (secondary N) is 5. The minimum atomic E-state index is -1.49. The predicted molar refractivity (Wildman–Crippen MR) is 231 cm³/mol. The average Bonchev–Trinajstić information content (AvgIpc) is 3.28. The van der Waals surface area contributed by atoms with Crippen molar-refractivity contribution in [2.24, 2.45) is 5.92 Å². The molecular formula is C45H55N5O15. The molecule has 0 saturated carbocycles. The molecule has 0 heterocycles. The van der Waals surface area contributed by atoms with Gasteiger partial charge in [-0.05, 0) is 79.6 Å². The lowest BCUT2D eigenvalue weighted by Crippen LogP contribution is -2.50. The molecule has 8 N–H and O–H groups in total. The molecule has 5 amide bonds. The van der Waals surface area contributed by atoms with Crippen molar-refractivity contribution in [3.05, 3.63) is 95.6 Å². The third-order valence-corrected chi connectivity index (χ3v) is 9.52. The van der Waals surface area contributed by atoms with Crippen LogP contribution in [0.15, 0.2) is 78.9 Å². The minimum absolute atomic E-state index is 0.0129. The minimum Gasteiger partial charge on any atom is -0.494 e. The lowest BCUT2D eigenvalue weighted by Gasteiger charge is -2.20. The number of benzene rings is 3. The molecule has 3 aromatic carbocycles. The zero-order valence-corrected chi connectivity index (χ0v) is 35.8. The molecule has 0 bridgehead atoms. The molecule has 0 unspecified atom stereocenters. The number of aliphatic carboxylic acids is 3. The van der Waals surface area contributed by atoms with E-state index in [2.05, 4.69) is 26.6 Å². The van der Waals surface area contributed by atoms with Crippen molar-refractivity contribution >= 4 is 53.9 Å². The highest BCUT2D eigenvalue weighted by Crippen LogP contribution is 2.18. The molecule has 65 heavy (non-hydrogen) atoms. The van der Waals surface area contributed by atoms with E-state index in [9.17, 15) is 53.4 Å². The van der Waals surface area contributed by atoms with Crippen LogP contribution in [0.25, 0.3) is 0 Å². The summed E-state index contributed by atoms with van der Waals surface area (Å²) in [6.45, 7) is 1.94. The number of hydrogen-bond donors (Lipinski definition) is 8. The number of ether oxygens (including phenoxy) is 3. The lowest BCUT2D eigenvalue weighted by molar-refractivity contribution is -0.143. The van der Waals surface area contributed by atoms with E-state index in [0.717, 1.165) is 12.0 Å². The van der Waals surface area contributed by atoms with E-state index >= 15 is 0 Å². The largest absolute Gasteiger partial charge is 0.494 e. The van der Waals surface area contributed by atoms with Gasteiger partial charge >= 0.3 is 23.9 Å². The molecule has 20 heteroatoms. The number of carbonyl (C=O) groups is 9. The number of Topliss-reactive ketones (excluding diaryl/α,β-unsaturated/α-hetero) is 1. The maximum Gasteiger partial charge on any atom is 0.326 e. The molecule has 0 fully saturated rings. The van der Waals surface area contributed by atoms with Gasteiger partial charge in [0.2, 0.25) is 5.91 Å². The van der Waals surface area contributed by atoms with Crippen molar-refractivity contribution in [3.8, 4) is 11.5 Å². The van der Waals surface area contributed by atoms with E-state index in [1.165, 1.54) is 12.1 Å². The quantitative estimate of drug-likeness (QED) is 0.0262. The highest BCUT2D eigenvalue weighted by molar-refractivity contribution is 5.97. The molecular weight excluding hydrogens is 851 g/mol. The Balaban J connectivity index is 1.47. The summed E-state index contributed by atoms with van der Waals surface area (Å²) in [5.74, 6) is -6.08. The third kappa shape index (κ3) is 20.5. The maximum absolute atomic E-state index is 13.3. The molecule has 0 radical (unpaired) electrons. The van der Waals surface area contributed by atoms with Crippen molar-refractivity contribution < 1.29 is 72.7 Å². The van der Waals surface area contributed by atoms with Crippen molar-refractivity contribution in [2.75, 3.05) is 26.3 Å². The Hall–Kier alpha value is -7.51. The van der Waals surface area contributed by atoms with Crippen LogP contribution < -0.4 is 36.1 Å². The van der Waals surface area contributed by atoms with E-state index in [4.69, 9.17) is 19.3 Å². The van der Waals surface area contributed by atoms with Crippen LogP contribution in [0, 0.1) is 5.92 Å². The number of ketones is 1. The van der Waals surface area contributed by atoms with Gasteiger partial charge < -0.3 is 56.1 Å². The number of carbonyl (C=O) groups excluding carboxylic acids is 6. The summed E-state index contributed by atoms with van der Waals surface area (Å²) in [7, 11) is 0. The number of urea groups is 1. The summed E-state index contributed by atoms with van der Waals surface area (Å²) < 4.78 is 16.0. The predicted octanol–water partition coefficient (Wildman–Crippen LogP) is 2.62. The van der Waals surface area contributed by atoms with Gasteiger partial charge in [0.1, 0.15) is 23.6 Å². The van der Waals surface area contributed by atoms with Crippen LogP contribution in [-0.2, 0) is 51.1 Å². The number of carboxylic acids is 3. The standard InChI is InChI=1S/C45H55N5O15/c1-2-22-63-34-17-13-31(14-18-34)41(56)47-26-33(52)25-32(43(58)59)23-30-11-15-35(16-12-30)64-27-38(53)48-37(24-29-8-4-3-5-9-29)42(57)46-21-7-6-10-39(65-28-51)50-45(62)49-36(44(60)61)19-20-40(54)55/h3-5,8-9,11-18,28,32,36-37,39H,2,6-7,10,19-27H2,1H3,(H,46,57)(H,47,56)(H,48,53)(H,54,55)(H,58,59)(H,60,61)(H2,49,50,62)/t32-,36+,37+,39-/m1/s1. The fourth-order valence-corrected chi connectivity index (χ4v) is 6.15. The summed E-state index contributed by atoms with van der Waals surface area (Å²) in [6.07, 6.45) is -0.578. The second kappa shape index (κ2) is 28.2. The Kier molecular flexibility index (Phi) is 22.5. The highest BCUT2D eigenvalue weighted by atomic mass is 16.5. The molecule has 0 saturated heterocycles. The number of amides is 5. The molecule has 20 nitrogen and oxygen atoms in total. The van der Waals surface area contributed by atoms with Crippen molar-refractivity contribution in [2.45, 2.75) is 83.0 Å². The Morgan fingerprint density at radius 1 is 0.692 bits per heavy atom. The number of unbranched alkanes of at least 4 members (excludes halogenated alkanes) is 1. The summed E-state index contributed by atoms with van der Waals surface area (Å²) in [4.78, 5) is 109. The van der Waals surface area contributed by atoms with Gasteiger partial charge in [0.05, 0.1) is 19.1 Å². The fraction of sp³-hybridized carbons (Fsp3) is 0.400. The van der Waals surface area contributed by atoms with Crippen LogP contribution in [0.4, 0.5) is 4.79 Å². The van der Waals surface area contributed by atoms with Crippen molar-refractivity contribution in [3.63, 3.8) is 0 Å². The summed E-state index contributed by atoms with van der Waals surface area (Å²) in [5, 5.41) is 40.3. The van der Waals surface area contributed by atoms with Gasteiger partial charge in [0.25, 0.3) is 18.3 Å². The first-order valence-electron chi connectivity index (χ1n) is 20.9. The van der Waals surface area contributed by atoms with Crippen molar-refractivity contribution in [1.29, 1.82) is 0 Å². The first-order chi connectivity index (χ1) is 31.2. The van der Waals surface area contributed by atoms with Crippen LogP contribution in [-0.4, -0.2) is 114 Å². The van der Waals surface area contributed by atoms with Gasteiger partial charge in [-0.3, -0.25) is 33.6 Å². The number of carboxylic acid groups (broad SMARTS) is 3.